The molecular weight excluding hydrogens is 346 g/mol. The second kappa shape index (κ2) is 9.43. The molecule has 0 unspecified atom stereocenters. The number of hydrogen-bond donors (Lipinski definition) is 3. The maximum atomic E-state index is 9.98. The standard InChI is InChI=1S/C19H31N5O3/c1-2-3-4-5-6-7-8-9-15-22-18(20)17-19(23-15)24(12-21-17)16-10-13(26)14(11-25)27-16/h12-14,16,25-26H,2-11H2,1H3,(H2,20,22,23)/t13-,14+,16+/m0/s1. The van der Waals surface area contributed by atoms with Crippen LogP contribution in [0.2, 0.25) is 0 Å². The van der Waals surface area contributed by atoms with Crippen molar-refractivity contribution in [3.8, 4) is 0 Å². The van der Waals surface area contributed by atoms with Crippen molar-refractivity contribution in [3.63, 3.8) is 0 Å². The molecule has 8 nitrogen and oxygen atoms in total. The van der Waals surface area contributed by atoms with Gasteiger partial charge in [0.1, 0.15) is 23.7 Å². The number of imidazole rings is 1. The smallest absolute Gasteiger partial charge is 0.167 e. The molecule has 8 heteroatoms. The summed E-state index contributed by atoms with van der Waals surface area (Å²) < 4.78 is 7.50. The third kappa shape index (κ3) is 4.75. The van der Waals surface area contributed by atoms with Gasteiger partial charge in [-0.05, 0) is 6.42 Å². The lowest BCUT2D eigenvalue weighted by Crippen LogP contribution is -2.24. The van der Waals surface area contributed by atoms with Gasteiger partial charge in [0.15, 0.2) is 11.5 Å². The summed E-state index contributed by atoms with van der Waals surface area (Å²) in [6, 6.07) is 0. The molecule has 0 amide bonds. The lowest BCUT2D eigenvalue weighted by Gasteiger charge is -2.14. The van der Waals surface area contributed by atoms with E-state index in [2.05, 4.69) is 21.9 Å². The van der Waals surface area contributed by atoms with Crippen LogP contribution in [0.15, 0.2) is 6.33 Å². The largest absolute Gasteiger partial charge is 0.394 e. The van der Waals surface area contributed by atoms with Crippen molar-refractivity contribution >= 4 is 17.0 Å². The number of rotatable bonds is 10. The van der Waals surface area contributed by atoms with Crippen LogP contribution in [0.1, 0.15) is 70.3 Å². The molecule has 0 aliphatic carbocycles. The van der Waals surface area contributed by atoms with Gasteiger partial charge in [-0.25, -0.2) is 15.0 Å². The van der Waals surface area contributed by atoms with E-state index < -0.39 is 18.4 Å². The van der Waals surface area contributed by atoms with Crippen LogP contribution in [-0.4, -0.2) is 48.5 Å². The van der Waals surface area contributed by atoms with E-state index in [1.165, 1.54) is 38.5 Å². The minimum absolute atomic E-state index is 0.217. The first-order valence-corrected chi connectivity index (χ1v) is 10.1. The maximum Gasteiger partial charge on any atom is 0.167 e. The normalized spacial score (nSPS) is 22.7. The van der Waals surface area contributed by atoms with Crippen molar-refractivity contribution in [3.05, 3.63) is 12.2 Å². The van der Waals surface area contributed by atoms with Crippen LogP contribution in [0.4, 0.5) is 5.82 Å². The molecule has 1 aliphatic rings. The number of ether oxygens (including phenoxy) is 1. The topological polar surface area (TPSA) is 119 Å². The number of aliphatic hydroxyl groups is 2. The van der Waals surface area contributed by atoms with Crippen LogP contribution in [0, 0.1) is 0 Å². The fraction of sp³-hybridized carbons (Fsp3) is 0.737. The molecule has 2 aromatic rings. The maximum absolute atomic E-state index is 9.98. The van der Waals surface area contributed by atoms with Crippen LogP contribution < -0.4 is 5.73 Å². The molecular formula is C19H31N5O3. The molecule has 0 saturated carbocycles. The number of nitrogens with zero attached hydrogens (tertiary/aromatic N) is 4. The van der Waals surface area contributed by atoms with E-state index >= 15 is 0 Å². The molecule has 4 N–H and O–H groups in total. The molecule has 27 heavy (non-hydrogen) atoms. The molecule has 3 atom stereocenters. The van der Waals surface area contributed by atoms with E-state index in [4.69, 9.17) is 10.5 Å². The quantitative estimate of drug-likeness (QED) is 0.544. The number of nitrogens with two attached hydrogens (primary N) is 1. The number of aliphatic hydroxyl groups excluding tert-OH is 2. The van der Waals surface area contributed by atoms with Gasteiger partial charge in [-0.2, -0.15) is 0 Å². The van der Waals surface area contributed by atoms with Gasteiger partial charge in [0, 0.05) is 12.8 Å². The Bertz CT molecular complexity index is 735. The van der Waals surface area contributed by atoms with E-state index in [1.807, 2.05) is 0 Å². The lowest BCUT2D eigenvalue weighted by molar-refractivity contribution is -0.0432. The first kappa shape index (κ1) is 20.0. The first-order chi connectivity index (χ1) is 13.1. The van der Waals surface area contributed by atoms with E-state index in [0.29, 0.717) is 29.2 Å². The predicted octanol–water partition coefficient (Wildman–Crippen LogP) is 2.34. The summed E-state index contributed by atoms with van der Waals surface area (Å²) in [6.45, 7) is 2.01. The van der Waals surface area contributed by atoms with Crippen molar-refractivity contribution in [2.24, 2.45) is 0 Å². The fourth-order valence-corrected chi connectivity index (χ4v) is 3.60. The first-order valence-electron chi connectivity index (χ1n) is 10.1. The number of nitrogen functional groups attached to an aromatic ring is 1. The summed E-state index contributed by atoms with van der Waals surface area (Å²) in [5, 5.41) is 19.3. The Kier molecular flexibility index (Phi) is 6.98. The van der Waals surface area contributed by atoms with Crippen molar-refractivity contribution in [1.29, 1.82) is 0 Å². The summed E-state index contributed by atoms with van der Waals surface area (Å²) in [5.74, 6) is 1.08. The van der Waals surface area contributed by atoms with E-state index in [0.717, 1.165) is 12.8 Å². The Morgan fingerprint density at radius 2 is 1.93 bits per heavy atom. The summed E-state index contributed by atoms with van der Waals surface area (Å²) in [6.07, 6.45) is 9.71. The molecule has 0 aromatic carbocycles. The van der Waals surface area contributed by atoms with Crippen LogP contribution in [0.5, 0.6) is 0 Å². The molecule has 150 valence electrons. The number of aryl methyl sites for hydroxylation is 1. The second-order valence-electron chi connectivity index (χ2n) is 7.34. The molecule has 0 bridgehead atoms. The van der Waals surface area contributed by atoms with Gasteiger partial charge in [0.25, 0.3) is 0 Å². The zero-order chi connectivity index (χ0) is 19.2. The number of anilines is 1. The van der Waals surface area contributed by atoms with Crippen LogP contribution >= 0.6 is 0 Å². The van der Waals surface area contributed by atoms with Gasteiger partial charge in [-0.3, -0.25) is 4.57 Å². The number of unbranched alkanes of at least 4 members (excludes halogenated alkanes) is 6. The van der Waals surface area contributed by atoms with Crippen molar-refractivity contribution in [1.82, 2.24) is 19.5 Å². The van der Waals surface area contributed by atoms with E-state index in [9.17, 15) is 10.2 Å². The predicted molar refractivity (Wildman–Crippen MR) is 103 cm³/mol. The summed E-state index contributed by atoms with van der Waals surface area (Å²) in [5.41, 5.74) is 7.24. The number of aromatic nitrogens is 4. The minimum Gasteiger partial charge on any atom is -0.394 e. The number of fused-ring (bicyclic) bond motifs is 1. The Hall–Kier alpha value is -1.77. The Balaban J connectivity index is 1.64. The van der Waals surface area contributed by atoms with Gasteiger partial charge in [0.05, 0.1) is 19.0 Å². The summed E-state index contributed by atoms with van der Waals surface area (Å²) in [4.78, 5) is 13.4. The second-order valence-corrected chi connectivity index (χ2v) is 7.34. The summed E-state index contributed by atoms with van der Waals surface area (Å²) >= 11 is 0. The molecule has 3 rings (SSSR count). The van der Waals surface area contributed by atoms with Gasteiger partial charge < -0.3 is 20.7 Å². The Morgan fingerprint density at radius 1 is 1.19 bits per heavy atom. The van der Waals surface area contributed by atoms with Crippen molar-refractivity contribution in [2.75, 3.05) is 12.3 Å². The van der Waals surface area contributed by atoms with E-state index in [-0.39, 0.29) is 6.61 Å². The van der Waals surface area contributed by atoms with Gasteiger partial charge in [-0.15, -0.1) is 0 Å². The van der Waals surface area contributed by atoms with Crippen LogP contribution in [0.3, 0.4) is 0 Å². The molecule has 3 heterocycles. The highest BCUT2D eigenvalue weighted by Gasteiger charge is 2.35. The SMILES string of the molecule is CCCCCCCCCc1nc(N)c2ncn([C@H]3C[C@H](O)[C@@H](CO)O3)c2n1. The highest BCUT2D eigenvalue weighted by molar-refractivity contribution is 5.81. The zero-order valence-electron chi connectivity index (χ0n) is 16.0. The lowest BCUT2D eigenvalue weighted by atomic mass is 10.1. The molecule has 0 radical (unpaired) electrons. The van der Waals surface area contributed by atoms with E-state index in [1.54, 1.807) is 10.9 Å². The Labute approximate surface area is 159 Å². The van der Waals surface area contributed by atoms with Crippen LogP contribution in [0.25, 0.3) is 11.2 Å². The van der Waals surface area contributed by atoms with Crippen molar-refractivity contribution in [2.45, 2.75) is 83.1 Å². The zero-order valence-corrected chi connectivity index (χ0v) is 16.0. The van der Waals surface area contributed by atoms with Crippen molar-refractivity contribution < 1.29 is 14.9 Å². The molecule has 0 spiro atoms. The molecule has 1 fully saturated rings. The highest BCUT2D eigenvalue weighted by atomic mass is 16.5. The Morgan fingerprint density at radius 3 is 2.63 bits per heavy atom. The van der Waals surface area contributed by atoms with Gasteiger partial charge >= 0.3 is 0 Å². The number of hydrogen-bond acceptors (Lipinski definition) is 7. The minimum atomic E-state index is -0.705. The van der Waals surface area contributed by atoms with Gasteiger partial charge in [-0.1, -0.05) is 45.4 Å². The molecule has 2 aromatic heterocycles. The highest BCUT2D eigenvalue weighted by Crippen LogP contribution is 2.31. The van der Waals surface area contributed by atoms with Crippen LogP contribution in [-0.2, 0) is 11.2 Å². The summed E-state index contributed by atoms with van der Waals surface area (Å²) in [7, 11) is 0. The monoisotopic (exact) mass is 377 g/mol. The third-order valence-electron chi connectivity index (χ3n) is 5.19. The average molecular weight is 377 g/mol. The molecule has 1 saturated heterocycles. The third-order valence-corrected chi connectivity index (χ3v) is 5.19. The van der Waals surface area contributed by atoms with Gasteiger partial charge in [0.2, 0.25) is 0 Å². The fourth-order valence-electron chi connectivity index (χ4n) is 3.60. The molecule has 1 aliphatic heterocycles. The average Bonchev–Trinajstić information content (AvgIpc) is 3.24.